The molecule has 1 aliphatic rings. The normalized spacial score (nSPS) is 22.4. The van der Waals surface area contributed by atoms with Crippen LogP contribution in [0.5, 0.6) is 0 Å². The van der Waals surface area contributed by atoms with Gasteiger partial charge in [0.25, 0.3) is 0 Å². The van der Waals surface area contributed by atoms with Crippen LogP contribution in [0.3, 0.4) is 0 Å². The molecule has 1 aromatic carbocycles. The molecule has 1 aromatic heterocycles. The molecule has 8 heteroatoms. The predicted molar refractivity (Wildman–Crippen MR) is 99.2 cm³/mol. The minimum absolute atomic E-state index is 0.157. The molecule has 2 unspecified atom stereocenters. The number of hydrogen-bond acceptors (Lipinski definition) is 5. The fraction of sp³-hybridized carbons (Fsp3) is 0.474. The monoisotopic (exact) mass is 391 g/mol. The van der Waals surface area contributed by atoms with Gasteiger partial charge in [0, 0.05) is 23.4 Å². The third-order valence-electron chi connectivity index (χ3n) is 5.07. The first-order valence-electron chi connectivity index (χ1n) is 9.00. The van der Waals surface area contributed by atoms with Gasteiger partial charge in [-0.15, -0.1) is 0 Å². The number of carbonyl (C=O) groups is 2. The maximum absolute atomic E-state index is 12.4. The number of carboxylic acid groups (broad SMARTS) is 1. The second-order valence-corrected chi connectivity index (χ2v) is 7.56. The highest BCUT2D eigenvalue weighted by molar-refractivity contribution is 6.30. The van der Waals surface area contributed by atoms with Crippen molar-refractivity contribution in [2.24, 2.45) is 5.92 Å². The predicted octanol–water partition coefficient (Wildman–Crippen LogP) is 3.47. The molecule has 1 saturated carbocycles. The van der Waals surface area contributed by atoms with Crippen LogP contribution < -0.4 is 5.32 Å². The quantitative estimate of drug-likeness (QED) is 0.781. The van der Waals surface area contributed by atoms with Crippen molar-refractivity contribution in [3.63, 3.8) is 0 Å². The lowest BCUT2D eigenvalue weighted by molar-refractivity contribution is -0.146. The van der Waals surface area contributed by atoms with Gasteiger partial charge in [-0.3, -0.25) is 9.59 Å². The molecule has 144 valence electrons. The standard InChI is InChI=1S/C19H22ClN3O4/c1-19(11-3-2-4-14(19)18(25)26)22-15(24)9-10-16-21-17(23-27-16)12-5-7-13(20)8-6-12/h5-8,14H,2-4,9-11H2,1H3,(H,22,24)(H,25,26). The molecule has 1 fully saturated rings. The van der Waals surface area contributed by atoms with Crippen LogP contribution in [-0.4, -0.2) is 32.7 Å². The maximum atomic E-state index is 12.4. The summed E-state index contributed by atoms with van der Waals surface area (Å²) in [5.41, 5.74) is 0.0580. The lowest BCUT2D eigenvalue weighted by atomic mass is 9.74. The first-order chi connectivity index (χ1) is 12.9. The van der Waals surface area contributed by atoms with E-state index in [1.165, 1.54) is 0 Å². The zero-order valence-corrected chi connectivity index (χ0v) is 15.8. The molecule has 1 amide bonds. The number of nitrogens with zero attached hydrogens (tertiary/aromatic N) is 2. The third kappa shape index (κ3) is 4.66. The number of carboxylic acids is 1. The van der Waals surface area contributed by atoms with Gasteiger partial charge in [0.2, 0.25) is 17.6 Å². The number of nitrogens with one attached hydrogen (secondary N) is 1. The summed E-state index contributed by atoms with van der Waals surface area (Å²) >= 11 is 5.86. The molecule has 2 aromatic rings. The van der Waals surface area contributed by atoms with Gasteiger partial charge in [0.15, 0.2) is 0 Å². The lowest BCUT2D eigenvalue weighted by Crippen LogP contribution is -2.55. The van der Waals surface area contributed by atoms with E-state index in [-0.39, 0.29) is 12.3 Å². The number of aliphatic carboxylic acids is 1. The average Bonchev–Trinajstić information content (AvgIpc) is 3.09. The highest BCUT2D eigenvalue weighted by Gasteiger charge is 2.42. The minimum Gasteiger partial charge on any atom is -0.481 e. The second-order valence-electron chi connectivity index (χ2n) is 7.12. The fourth-order valence-corrected chi connectivity index (χ4v) is 3.68. The summed E-state index contributed by atoms with van der Waals surface area (Å²) in [6, 6.07) is 7.06. The van der Waals surface area contributed by atoms with Crippen LogP contribution in [0.2, 0.25) is 5.02 Å². The largest absolute Gasteiger partial charge is 0.481 e. The zero-order chi connectivity index (χ0) is 19.4. The molecule has 0 bridgehead atoms. The Morgan fingerprint density at radius 3 is 2.78 bits per heavy atom. The summed E-state index contributed by atoms with van der Waals surface area (Å²) in [4.78, 5) is 28.2. The Morgan fingerprint density at radius 2 is 2.07 bits per heavy atom. The van der Waals surface area contributed by atoms with E-state index < -0.39 is 17.4 Å². The van der Waals surface area contributed by atoms with E-state index in [1.807, 2.05) is 6.92 Å². The Balaban J connectivity index is 1.58. The van der Waals surface area contributed by atoms with Gasteiger partial charge in [-0.05, 0) is 44.0 Å². The van der Waals surface area contributed by atoms with Crippen molar-refractivity contribution < 1.29 is 19.2 Å². The van der Waals surface area contributed by atoms with Crippen LogP contribution >= 0.6 is 11.6 Å². The average molecular weight is 392 g/mol. The summed E-state index contributed by atoms with van der Waals surface area (Å²) in [6.07, 6.45) is 3.48. The van der Waals surface area contributed by atoms with Gasteiger partial charge in [-0.1, -0.05) is 29.6 Å². The number of hydrogen-bond donors (Lipinski definition) is 2. The number of rotatable bonds is 6. The topological polar surface area (TPSA) is 105 Å². The van der Waals surface area contributed by atoms with Crippen molar-refractivity contribution in [1.29, 1.82) is 0 Å². The molecule has 1 heterocycles. The maximum Gasteiger partial charge on any atom is 0.308 e. The van der Waals surface area contributed by atoms with Crippen LogP contribution in [0, 0.1) is 5.92 Å². The Kier molecular flexibility index (Phi) is 5.79. The second kappa shape index (κ2) is 8.08. The number of halogens is 1. The van der Waals surface area contributed by atoms with Gasteiger partial charge >= 0.3 is 5.97 Å². The van der Waals surface area contributed by atoms with Crippen LogP contribution in [0.1, 0.15) is 44.9 Å². The molecule has 2 N–H and O–H groups in total. The van der Waals surface area contributed by atoms with Gasteiger partial charge < -0.3 is 14.9 Å². The van der Waals surface area contributed by atoms with Crippen molar-refractivity contribution in [3.8, 4) is 11.4 Å². The van der Waals surface area contributed by atoms with E-state index in [9.17, 15) is 14.7 Å². The molecule has 0 aliphatic heterocycles. The van der Waals surface area contributed by atoms with Crippen molar-refractivity contribution in [3.05, 3.63) is 35.2 Å². The van der Waals surface area contributed by atoms with Crippen molar-refractivity contribution >= 4 is 23.5 Å². The Bertz CT molecular complexity index is 821. The number of amides is 1. The highest BCUT2D eigenvalue weighted by Crippen LogP contribution is 2.34. The number of benzene rings is 1. The number of carbonyl (C=O) groups excluding carboxylic acids is 1. The zero-order valence-electron chi connectivity index (χ0n) is 15.1. The summed E-state index contributed by atoms with van der Waals surface area (Å²) in [6.45, 7) is 1.81. The molecule has 2 atom stereocenters. The fourth-order valence-electron chi connectivity index (χ4n) is 3.55. The van der Waals surface area contributed by atoms with Crippen molar-refractivity contribution in [2.75, 3.05) is 0 Å². The van der Waals surface area contributed by atoms with Crippen molar-refractivity contribution in [1.82, 2.24) is 15.5 Å². The summed E-state index contributed by atoms with van der Waals surface area (Å²) in [5, 5.41) is 16.9. The van der Waals surface area contributed by atoms with E-state index >= 15 is 0 Å². The van der Waals surface area contributed by atoms with E-state index in [4.69, 9.17) is 16.1 Å². The van der Waals surface area contributed by atoms with Gasteiger partial charge in [0.05, 0.1) is 11.5 Å². The third-order valence-corrected chi connectivity index (χ3v) is 5.32. The number of aromatic nitrogens is 2. The van der Waals surface area contributed by atoms with E-state index in [0.717, 1.165) is 18.4 Å². The summed E-state index contributed by atoms with van der Waals surface area (Å²) in [7, 11) is 0. The molecule has 1 aliphatic carbocycles. The van der Waals surface area contributed by atoms with E-state index in [1.54, 1.807) is 24.3 Å². The molecular weight excluding hydrogens is 370 g/mol. The molecule has 0 spiro atoms. The summed E-state index contributed by atoms with van der Waals surface area (Å²) < 4.78 is 5.21. The molecule has 0 radical (unpaired) electrons. The molecule has 27 heavy (non-hydrogen) atoms. The molecular formula is C19H22ClN3O4. The van der Waals surface area contributed by atoms with Crippen molar-refractivity contribution in [2.45, 2.75) is 51.0 Å². The first kappa shape index (κ1) is 19.4. The Morgan fingerprint density at radius 1 is 1.33 bits per heavy atom. The smallest absolute Gasteiger partial charge is 0.308 e. The molecule has 0 saturated heterocycles. The van der Waals surface area contributed by atoms with E-state index in [0.29, 0.717) is 36.0 Å². The highest BCUT2D eigenvalue weighted by atomic mass is 35.5. The molecule has 3 rings (SSSR count). The van der Waals surface area contributed by atoms with Crippen LogP contribution in [0.4, 0.5) is 0 Å². The van der Waals surface area contributed by atoms with Gasteiger partial charge in [-0.25, -0.2) is 0 Å². The SMILES string of the molecule is CC1(NC(=O)CCc2nc(-c3ccc(Cl)cc3)no2)CCCCC1C(=O)O. The van der Waals surface area contributed by atoms with Gasteiger partial charge in [-0.2, -0.15) is 4.98 Å². The first-order valence-corrected chi connectivity index (χ1v) is 9.37. The Labute approximate surface area is 162 Å². The lowest BCUT2D eigenvalue weighted by Gasteiger charge is -2.39. The molecule has 7 nitrogen and oxygen atoms in total. The van der Waals surface area contributed by atoms with Crippen LogP contribution in [0.15, 0.2) is 28.8 Å². The summed E-state index contributed by atoms with van der Waals surface area (Å²) in [5.74, 6) is -0.833. The van der Waals surface area contributed by atoms with E-state index in [2.05, 4.69) is 15.5 Å². The minimum atomic E-state index is -0.859. The number of aryl methyl sites for hydroxylation is 1. The Hall–Kier alpha value is -2.41. The van der Waals surface area contributed by atoms with Crippen LogP contribution in [0.25, 0.3) is 11.4 Å². The van der Waals surface area contributed by atoms with Gasteiger partial charge in [0.1, 0.15) is 0 Å². The van der Waals surface area contributed by atoms with Crippen LogP contribution in [-0.2, 0) is 16.0 Å².